The lowest BCUT2D eigenvalue weighted by atomic mass is 9.77. The molecule has 1 aliphatic heterocycles. The molecule has 0 atom stereocenters. The molecule has 0 unspecified atom stereocenters. The van der Waals surface area contributed by atoms with Crippen molar-refractivity contribution in [2.45, 2.75) is 39.5 Å². The fourth-order valence-corrected chi connectivity index (χ4v) is 3.63. The van der Waals surface area contributed by atoms with Crippen LogP contribution < -0.4 is 4.74 Å². The summed E-state index contributed by atoms with van der Waals surface area (Å²) in [6.45, 7) is 12.3. The highest BCUT2D eigenvalue weighted by molar-refractivity contribution is 5.88. The molecule has 1 fully saturated rings. The van der Waals surface area contributed by atoms with E-state index in [2.05, 4.69) is 37.4 Å². The highest BCUT2D eigenvalue weighted by atomic mass is 16.5. The molecule has 0 radical (unpaired) electrons. The summed E-state index contributed by atoms with van der Waals surface area (Å²) >= 11 is 0. The molecule has 0 aromatic heterocycles. The first-order valence-electron chi connectivity index (χ1n) is 11.2. The molecule has 0 amide bonds. The average molecular weight is 449 g/mol. The predicted octanol–water partition coefficient (Wildman–Crippen LogP) is 5.22. The van der Waals surface area contributed by atoms with Crippen molar-refractivity contribution in [2.75, 3.05) is 19.8 Å². The molecule has 0 aliphatic carbocycles. The van der Waals surface area contributed by atoms with Gasteiger partial charge in [0.2, 0.25) is 0 Å². The molecular weight excluding hydrogens is 416 g/mol. The zero-order valence-electron chi connectivity index (χ0n) is 19.5. The highest BCUT2D eigenvalue weighted by Gasteiger charge is 2.38. The monoisotopic (exact) mass is 448 g/mol. The molecule has 3 rings (SSSR count). The second-order valence-electron chi connectivity index (χ2n) is 8.97. The van der Waals surface area contributed by atoms with Crippen molar-refractivity contribution in [3.63, 3.8) is 0 Å². The first-order chi connectivity index (χ1) is 15.8. The summed E-state index contributed by atoms with van der Waals surface area (Å²) in [5.41, 5.74) is 4.54. The van der Waals surface area contributed by atoms with Crippen LogP contribution in [0.15, 0.2) is 72.8 Å². The van der Waals surface area contributed by atoms with Gasteiger partial charge in [-0.1, -0.05) is 49.6 Å². The molecule has 2 aromatic rings. The molecule has 0 N–H and O–H groups in total. The number of esters is 2. The lowest BCUT2D eigenvalue weighted by Crippen LogP contribution is -2.44. The summed E-state index contributed by atoms with van der Waals surface area (Å²) in [4.78, 5) is 23.2. The van der Waals surface area contributed by atoms with Gasteiger partial charge in [-0.25, -0.2) is 9.59 Å². The third-order valence-electron chi connectivity index (χ3n) is 5.89. The number of aryl methyl sites for hydroxylation is 1. The fourth-order valence-electron chi connectivity index (χ4n) is 3.63. The smallest absolute Gasteiger partial charge is 0.338 e. The number of ether oxygens (including phenoxy) is 3. The van der Waals surface area contributed by atoms with E-state index in [1.807, 2.05) is 12.1 Å². The van der Waals surface area contributed by atoms with Crippen molar-refractivity contribution in [3.05, 3.63) is 89.5 Å². The van der Waals surface area contributed by atoms with Crippen LogP contribution in [0.5, 0.6) is 5.75 Å². The molecule has 5 nitrogen and oxygen atoms in total. The maximum absolute atomic E-state index is 11.6. The third-order valence-corrected chi connectivity index (χ3v) is 5.89. The predicted molar refractivity (Wildman–Crippen MR) is 128 cm³/mol. The van der Waals surface area contributed by atoms with E-state index in [1.54, 1.807) is 26.0 Å². The van der Waals surface area contributed by atoms with Gasteiger partial charge in [-0.15, -0.1) is 0 Å². The zero-order chi connectivity index (χ0) is 23.8. The fraction of sp³-hybridized carbons (Fsp3) is 0.357. The summed E-state index contributed by atoms with van der Waals surface area (Å²) in [6, 6.07) is 16.2. The quantitative estimate of drug-likeness (QED) is 0.268. The van der Waals surface area contributed by atoms with Gasteiger partial charge in [-0.2, -0.15) is 0 Å². The molecule has 1 heterocycles. The number of carbonyl (C=O) groups excluding carboxylic acids is 2. The lowest BCUT2D eigenvalue weighted by molar-refractivity contribution is -0.148. The minimum atomic E-state index is -0.415. The first-order valence-corrected chi connectivity index (χ1v) is 11.2. The van der Waals surface area contributed by atoms with Crippen LogP contribution >= 0.6 is 0 Å². The Morgan fingerprint density at radius 2 is 1.39 bits per heavy atom. The Morgan fingerprint density at radius 3 is 1.91 bits per heavy atom. The van der Waals surface area contributed by atoms with Crippen molar-refractivity contribution < 1.29 is 23.8 Å². The standard InChI is InChI=1S/C28H32O5/c1-20(2)26(29)32-16-15-28(18-31-19-28)14-13-22-5-7-23(8-6-22)17-24-9-11-25(12-10-24)33-27(30)21(3)4/h5-12H,1,3,13-19H2,2,4H3. The Labute approximate surface area is 196 Å². The molecule has 2 aromatic carbocycles. The van der Waals surface area contributed by atoms with Crippen LogP contribution in [0, 0.1) is 5.41 Å². The van der Waals surface area contributed by atoms with E-state index in [-0.39, 0.29) is 11.4 Å². The molecule has 174 valence electrons. The topological polar surface area (TPSA) is 61.8 Å². The van der Waals surface area contributed by atoms with E-state index in [0.29, 0.717) is 36.7 Å². The Kier molecular flexibility index (Phi) is 8.23. The third kappa shape index (κ3) is 7.16. The van der Waals surface area contributed by atoms with Crippen LogP contribution in [0.2, 0.25) is 0 Å². The summed E-state index contributed by atoms with van der Waals surface area (Å²) in [5, 5.41) is 0. The molecule has 0 saturated carbocycles. The van der Waals surface area contributed by atoms with Gasteiger partial charge in [0.05, 0.1) is 19.8 Å². The van der Waals surface area contributed by atoms with Gasteiger partial charge in [0.15, 0.2) is 0 Å². The average Bonchev–Trinajstić information content (AvgIpc) is 2.77. The summed E-state index contributed by atoms with van der Waals surface area (Å²) in [7, 11) is 0. The number of hydrogen-bond acceptors (Lipinski definition) is 5. The summed E-state index contributed by atoms with van der Waals surface area (Å²) in [5.74, 6) is -0.227. The van der Waals surface area contributed by atoms with Gasteiger partial charge < -0.3 is 14.2 Å². The van der Waals surface area contributed by atoms with E-state index in [9.17, 15) is 9.59 Å². The SMILES string of the molecule is C=C(C)C(=O)OCCC1(CCc2ccc(Cc3ccc(OC(=O)C(=C)C)cc3)cc2)COC1. The largest absolute Gasteiger partial charge is 0.462 e. The molecule has 1 aliphatic rings. The Bertz CT molecular complexity index is 998. The van der Waals surface area contributed by atoms with E-state index >= 15 is 0 Å². The van der Waals surface area contributed by atoms with Crippen LogP contribution in [0.25, 0.3) is 0 Å². The number of rotatable bonds is 11. The second kappa shape index (κ2) is 11.1. The molecule has 1 saturated heterocycles. The van der Waals surface area contributed by atoms with E-state index in [0.717, 1.165) is 31.2 Å². The molecule has 5 heteroatoms. The van der Waals surface area contributed by atoms with Crippen molar-refractivity contribution >= 4 is 11.9 Å². The van der Waals surface area contributed by atoms with E-state index in [4.69, 9.17) is 14.2 Å². The van der Waals surface area contributed by atoms with Crippen LogP contribution in [-0.2, 0) is 31.9 Å². The van der Waals surface area contributed by atoms with E-state index in [1.165, 1.54) is 11.1 Å². The van der Waals surface area contributed by atoms with Gasteiger partial charge in [-0.05, 0) is 68.4 Å². The van der Waals surface area contributed by atoms with Gasteiger partial charge in [0.1, 0.15) is 5.75 Å². The highest BCUT2D eigenvalue weighted by Crippen LogP contribution is 2.36. The zero-order valence-corrected chi connectivity index (χ0v) is 19.5. The van der Waals surface area contributed by atoms with Gasteiger partial charge in [-0.3, -0.25) is 0 Å². The molecule has 0 bridgehead atoms. The Hall–Kier alpha value is -3.18. The van der Waals surface area contributed by atoms with Crippen LogP contribution in [0.4, 0.5) is 0 Å². The number of carbonyl (C=O) groups is 2. The maximum atomic E-state index is 11.6. The molecule has 0 spiro atoms. The van der Waals surface area contributed by atoms with Crippen molar-refractivity contribution in [3.8, 4) is 5.75 Å². The minimum Gasteiger partial charge on any atom is -0.462 e. The van der Waals surface area contributed by atoms with Crippen LogP contribution in [0.1, 0.15) is 43.4 Å². The second-order valence-corrected chi connectivity index (χ2v) is 8.97. The number of hydrogen-bond donors (Lipinski definition) is 0. The van der Waals surface area contributed by atoms with Crippen molar-refractivity contribution in [1.29, 1.82) is 0 Å². The van der Waals surface area contributed by atoms with Crippen LogP contribution in [0.3, 0.4) is 0 Å². The van der Waals surface area contributed by atoms with E-state index < -0.39 is 5.97 Å². The van der Waals surface area contributed by atoms with Crippen molar-refractivity contribution in [1.82, 2.24) is 0 Å². The van der Waals surface area contributed by atoms with Crippen molar-refractivity contribution in [2.24, 2.45) is 5.41 Å². The molecular formula is C28H32O5. The van der Waals surface area contributed by atoms with Gasteiger partial charge >= 0.3 is 11.9 Å². The summed E-state index contributed by atoms with van der Waals surface area (Å²) < 4.78 is 16.0. The normalized spacial score (nSPS) is 14.1. The lowest BCUT2D eigenvalue weighted by Gasteiger charge is -2.41. The maximum Gasteiger partial charge on any atom is 0.338 e. The first kappa shape index (κ1) is 24.5. The van der Waals surface area contributed by atoms with Gasteiger partial charge in [0, 0.05) is 16.6 Å². The number of benzene rings is 2. The molecule has 33 heavy (non-hydrogen) atoms. The minimum absolute atomic E-state index is 0.0867. The summed E-state index contributed by atoms with van der Waals surface area (Å²) in [6.07, 6.45) is 3.57. The Balaban J connectivity index is 1.48. The van der Waals surface area contributed by atoms with Gasteiger partial charge in [0.25, 0.3) is 0 Å². The Morgan fingerprint density at radius 1 is 0.848 bits per heavy atom. The van der Waals surface area contributed by atoms with Crippen LogP contribution in [-0.4, -0.2) is 31.8 Å².